The predicted octanol–water partition coefficient (Wildman–Crippen LogP) is 1.80. The molecule has 118 valence electrons. The first-order valence-electron chi connectivity index (χ1n) is 8.15. The van der Waals surface area contributed by atoms with Crippen LogP contribution in [-0.4, -0.2) is 55.0 Å². The van der Waals surface area contributed by atoms with Crippen molar-refractivity contribution < 1.29 is 4.79 Å². The number of piperazine rings is 1. The molecule has 1 heterocycles. The molecule has 0 saturated carbocycles. The zero-order valence-electron chi connectivity index (χ0n) is 13.8. The molecule has 20 heavy (non-hydrogen) atoms. The summed E-state index contributed by atoms with van der Waals surface area (Å²) < 4.78 is 0. The second kappa shape index (κ2) is 8.63. The van der Waals surface area contributed by atoms with E-state index in [1.807, 2.05) is 4.90 Å². The molecule has 0 aromatic carbocycles. The minimum Gasteiger partial charge on any atom is -0.340 e. The van der Waals surface area contributed by atoms with E-state index in [0.717, 1.165) is 45.1 Å². The summed E-state index contributed by atoms with van der Waals surface area (Å²) in [6.45, 7) is 14.2. The van der Waals surface area contributed by atoms with E-state index in [-0.39, 0.29) is 11.8 Å². The van der Waals surface area contributed by atoms with Crippen molar-refractivity contribution in [3.05, 3.63) is 0 Å². The van der Waals surface area contributed by atoms with E-state index in [9.17, 15) is 4.79 Å². The summed E-state index contributed by atoms with van der Waals surface area (Å²) in [4.78, 5) is 17.0. The van der Waals surface area contributed by atoms with Crippen molar-refractivity contribution in [1.82, 2.24) is 9.80 Å². The first-order chi connectivity index (χ1) is 9.43. The number of nitrogens with two attached hydrogens (primary N) is 1. The van der Waals surface area contributed by atoms with Crippen molar-refractivity contribution in [3.8, 4) is 0 Å². The molecule has 4 heteroatoms. The van der Waals surface area contributed by atoms with Crippen LogP contribution < -0.4 is 5.73 Å². The predicted molar refractivity (Wildman–Crippen MR) is 84.5 cm³/mol. The Balaban J connectivity index is 2.37. The van der Waals surface area contributed by atoms with Gasteiger partial charge in [0.2, 0.25) is 5.91 Å². The van der Waals surface area contributed by atoms with Gasteiger partial charge in [-0.2, -0.15) is 0 Å². The third kappa shape index (κ3) is 5.80. The van der Waals surface area contributed by atoms with E-state index in [0.29, 0.717) is 12.5 Å². The van der Waals surface area contributed by atoms with Gasteiger partial charge in [0, 0.05) is 32.7 Å². The van der Waals surface area contributed by atoms with Gasteiger partial charge in [-0.05, 0) is 31.2 Å². The fourth-order valence-electron chi connectivity index (χ4n) is 2.76. The molecule has 0 spiro atoms. The van der Waals surface area contributed by atoms with E-state index in [2.05, 4.69) is 32.6 Å². The Kier molecular flexibility index (Phi) is 7.52. The zero-order chi connectivity index (χ0) is 15.1. The first-order valence-corrected chi connectivity index (χ1v) is 8.15. The highest BCUT2D eigenvalue weighted by Crippen LogP contribution is 2.15. The maximum atomic E-state index is 12.5. The van der Waals surface area contributed by atoms with Gasteiger partial charge in [-0.3, -0.25) is 9.69 Å². The third-order valence-corrected chi connectivity index (χ3v) is 4.10. The molecular weight excluding hydrogens is 250 g/mol. The van der Waals surface area contributed by atoms with Crippen LogP contribution in [0.25, 0.3) is 0 Å². The summed E-state index contributed by atoms with van der Waals surface area (Å²) in [7, 11) is 0. The average molecular weight is 283 g/mol. The van der Waals surface area contributed by atoms with E-state index in [1.54, 1.807) is 0 Å². The SMILES string of the molecule is CC(C)CCN1CCN(C(=O)C(CN)CC(C)C)CC1. The topological polar surface area (TPSA) is 49.6 Å². The highest BCUT2D eigenvalue weighted by molar-refractivity contribution is 5.79. The number of hydrogen-bond donors (Lipinski definition) is 1. The van der Waals surface area contributed by atoms with Gasteiger partial charge in [-0.1, -0.05) is 27.7 Å². The zero-order valence-corrected chi connectivity index (χ0v) is 13.8. The molecule has 0 aliphatic carbocycles. The summed E-state index contributed by atoms with van der Waals surface area (Å²) in [5.41, 5.74) is 5.78. The van der Waals surface area contributed by atoms with Gasteiger partial charge in [0.15, 0.2) is 0 Å². The van der Waals surface area contributed by atoms with Gasteiger partial charge >= 0.3 is 0 Å². The maximum absolute atomic E-state index is 12.5. The molecule has 1 unspecified atom stereocenters. The monoisotopic (exact) mass is 283 g/mol. The average Bonchev–Trinajstić information content (AvgIpc) is 2.42. The van der Waals surface area contributed by atoms with Gasteiger partial charge in [0.1, 0.15) is 0 Å². The number of rotatable bonds is 7. The normalized spacial score (nSPS) is 18.9. The summed E-state index contributed by atoms with van der Waals surface area (Å²) in [6, 6.07) is 0. The Morgan fingerprint density at radius 1 is 1.05 bits per heavy atom. The van der Waals surface area contributed by atoms with Crippen molar-refractivity contribution in [2.45, 2.75) is 40.5 Å². The van der Waals surface area contributed by atoms with Crippen LogP contribution in [0.3, 0.4) is 0 Å². The van der Waals surface area contributed by atoms with Gasteiger partial charge in [-0.25, -0.2) is 0 Å². The van der Waals surface area contributed by atoms with Crippen molar-refractivity contribution in [1.29, 1.82) is 0 Å². The van der Waals surface area contributed by atoms with Crippen LogP contribution in [0.4, 0.5) is 0 Å². The van der Waals surface area contributed by atoms with Crippen LogP contribution in [0, 0.1) is 17.8 Å². The third-order valence-electron chi connectivity index (χ3n) is 4.10. The van der Waals surface area contributed by atoms with Crippen LogP contribution in [0.2, 0.25) is 0 Å². The van der Waals surface area contributed by atoms with E-state index in [4.69, 9.17) is 5.73 Å². The molecule has 1 amide bonds. The maximum Gasteiger partial charge on any atom is 0.227 e. The van der Waals surface area contributed by atoms with Gasteiger partial charge < -0.3 is 10.6 Å². The fraction of sp³-hybridized carbons (Fsp3) is 0.938. The van der Waals surface area contributed by atoms with Crippen LogP contribution in [0.15, 0.2) is 0 Å². The molecular formula is C16H33N3O. The number of amides is 1. The quantitative estimate of drug-likeness (QED) is 0.775. The van der Waals surface area contributed by atoms with Crippen LogP contribution >= 0.6 is 0 Å². The summed E-state index contributed by atoms with van der Waals surface area (Å²) >= 11 is 0. The molecule has 1 rings (SSSR count). The molecule has 1 fully saturated rings. The molecule has 1 saturated heterocycles. The van der Waals surface area contributed by atoms with Gasteiger partial charge in [0.05, 0.1) is 5.92 Å². The van der Waals surface area contributed by atoms with E-state index < -0.39 is 0 Å². The Morgan fingerprint density at radius 3 is 2.10 bits per heavy atom. The largest absolute Gasteiger partial charge is 0.340 e. The van der Waals surface area contributed by atoms with Crippen LogP contribution in [0.1, 0.15) is 40.5 Å². The molecule has 4 nitrogen and oxygen atoms in total. The Bertz CT molecular complexity index is 283. The molecule has 1 atom stereocenters. The summed E-state index contributed by atoms with van der Waals surface area (Å²) in [6.07, 6.45) is 2.15. The van der Waals surface area contributed by atoms with Crippen molar-refractivity contribution >= 4 is 5.91 Å². The lowest BCUT2D eigenvalue weighted by Crippen LogP contribution is -2.51. The van der Waals surface area contributed by atoms with Gasteiger partial charge in [-0.15, -0.1) is 0 Å². The minimum absolute atomic E-state index is 0.0113. The summed E-state index contributed by atoms with van der Waals surface area (Å²) in [5.74, 6) is 1.56. The summed E-state index contributed by atoms with van der Waals surface area (Å²) in [5, 5.41) is 0. The molecule has 0 aromatic rings. The molecule has 2 N–H and O–H groups in total. The number of nitrogens with zero attached hydrogens (tertiary/aromatic N) is 2. The molecule has 1 aliphatic heterocycles. The molecule has 0 radical (unpaired) electrons. The van der Waals surface area contributed by atoms with Crippen molar-refractivity contribution in [2.75, 3.05) is 39.3 Å². The lowest BCUT2D eigenvalue weighted by atomic mass is 9.95. The number of hydrogen-bond acceptors (Lipinski definition) is 3. The van der Waals surface area contributed by atoms with Crippen molar-refractivity contribution in [2.24, 2.45) is 23.5 Å². The molecule has 0 bridgehead atoms. The number of carbonyl (C=O) groups is 1. The highest BCUT2D eigenvalue weighted by Gasteiger charge is 2.26. The second-order valence-electron chi connectivity index (χ2n) is 6.91. The first kappa shape index (κ1) is 17.4. The molecule has 1 aliphatic rings. The van der Waals surface area contributed by atoms with E-state index >= 15 is 0 Å². The fourth-order valence-corrected chi connectivity index (χ4v) is 2.76. The van der Waals surface area contributed by atoms with Crippen LogP contribution in [-0.2, 0) is 4.79 Å². The smallest absolute Gasteiger partial charge is 0.227 e. The highest BCUT2D eigenvalue weighted by atomic mass is 16.2. The lowest BCUT2D eigenvalue weighted by molar-refractivity contribution is -0.137. The van der Waals surface area contributed by atoms with Gasteiger partial charge in [0.25, 0.3) is 0 Å². The Hall–Kier alpha value is -0.610. The molecule has 0 aromatic heterocycles. The Morgan fingerprint density at radius 2 is 1.65 bits per heavy atom. The van der Waals surface area contributed by atoms with E-state index in [1.165, 1.54) is 6.42 Å². The second-order valence-corrected chi connectivity index (χ2v) is 6.91. The Labute approximate surface area is 124 Å². The number of carbonyl (C=O) groups excluding carboxylic acids is 1. The van der Waals surface area contributed by atoms with Crippen LogP contribution in [0.5, 0.6) is 0 Å². The lowest BCUT2D eigenvalue weighted by Gasteiger charge is -2.36. The minimum atomic E-state index is 0.0113. The van der Waals surface area contributed by atoms with Crippen molar-refractivity contribution in [3.63, 3.8) is 0 Å². The standard InChI is InChI=1S/C16H33N3O/c1-13(2)5-6-18-7-9-19(10-8-18)16(20)15(12-17)11-14(3)4/h13-15H,5-12,17H2,1-4H3.